The van der Waals surface area contributed by atoms with Crippen molar-refractivity contribution in [3.05, 3.63) is 35.9 Å². The van der Waals surface area contributed by atoms with Gasteiger partial charge in [-0.1, -0.05) is 30.3 Å². The minimum atomic E-state index is 0.119. The van der Waals surface area contributed by atoms with Crippen molar-refractivity contribution in [2.75, 3.05) is 52.4 Å². The number of carbonyl (C=O) groups is 2. The predicted octanol–water partition coefficient (Wildman–Crippen LogP) is 1.40. The SMILES string of the molecule is CC1CN(C(=O)CN2CCN(C(=O)CCCc3ccccc3)CC2)CCO1. The number of nitrogens with zero attached hydrogens (tertiary/aromatic N) is 3. The summed E-state index contributed by atoms with van der Waals surface area (Å²) in [4.78, 5) is 30.9. The molecule has 27 heavy (non-hydrogen) atoms. The van der Waals surface area contributed by atoms with E-state index >= 15 is 0 Å². The van der Waals surface area contributed by atoms with Crippen LogP contribution in [0.3, 0.4) is 0 Å². The number of carbonyl (C=O) groups excluding carboxylic acids is 2. The maximum Gasteiger partial charge on any atom is 0.236 e. The van der Waals surface area contributed by atoms with Crippen LogP contribution >= 0.6 is 0 Å². The fourth-order valence-electron chi connectivity index (χ4n) is 3.74. The van der Waals surface area contributed by atoms with Gasteiger partial charge in [-0.3, -0.25) is 14.5 Å². The molecule has 6 nitrogen and oxygen atoms in total. The first-order valence-corrected chi connectivity index (χ1v) is 10.1. The van der Waals surface area contributed by atoms with Crippen molar-refractivity contribution >= 4 is 11.8 Å². The summed E-state index contributed by atoms with van der Waals surface area (Å²) in [6.07, 6.45) is 2.54. The van der Waals surface area contributed by atoms with Crippen LogP contribution in [0.4, 0.5) is 0 Å². The van der Waals surface area contributed by atoms with Crippen LogP contribution in [0.25, 0.3) is 0 Å². The Hall–Kier alpha value is -1.92. The molecule has 0 saturated carbocycles. The summed E-state index contributed by atoms with van der Waals surface area (Å²) in [6.45, 7) is 7.42. The van der Waals surface area contributed by atoms with Crippen LogP contribution in [0.1, 0.15) is 25.3 Å². The standard InChI is InChI=1S/C21H31N3O3/c1-18-16-24(14-15-27-18)21(26)17-22-10-12-23(13-11-22)20(25)9-5-8-19-6-3-2-4-7-19/h2-4,6-7,18H,5,8-17H2,1H3. The van der Waals surface area contributed by atoms with Gasteiger partial charge in [0, 0.05) is 45.7 Å². The van der Waals surface area contributed by atoms with Gasteiger partial charge >= 0.3 is 0 Å². The monoisotopic (exact) mass is 373 g/mol. The van der Waals surface area contributed by atoms with Gasteiger partial charge < -0.3 is 14.5 Å². The molecule has 3 rings (SSSR count). The van der Waals surface area contributed by atoms with Crippen molar-refractivity contribution in [2.45, 2.75) is 32.3 Å². The highest BCUT2D eigenvalue weighted by Crippen LogP contribution is 2.10. The zero-order valence-electron chi connectivity index (χ0n) is 16.3. The first-order chi connectivity index (χ1) is 13.1. The van der Waals surface area contributed by atoms with Gasteiger partial charge in [0.1, 0.15) is 0 Å². The lowest BCUT2D eigenvalue weighted by Crippen LogP contribution is -2.53. The van der Waals surface area contributed by atoms with Gasteiger partial charge in [0.2, 0.25) is 11.8 Å². The van der Waals surface area contributed by atoms with Crippen molar-refractivity contribution in [1.29, 1.82) is 0 Å². The Morgan fingerprint density at radius 2 is 1.74 bits per heavy atom. The summed E-state index contributed by atoms with van der Waals surface area (Å²) in [7, 11) is 0. The number of hydrogen-bond donors (Lipinski definition) is 0. The third-order valence-corrected chi connectivity index (χ3v) is 5.38. The highest BCUT2D eigenvalue weighted by molar-refractivity contribution is 5.78. The zero-order chi connectivity index (χ0) is 19.1. The lowest BCUT2D eigenvalue weighted by molar-refractivity contribution is -0.140. The number of ether oxygens (including phenoxy) is 1. The number of morpholine rings is 1. The Morgan fingerprint density at radius 1 is 1.00 bits per heavy atom. The predicted molar refractivity (Wildman–Crippen MR) is 104 cm³/mol. The topological polar surface area (TPSA) is 53.1 Å². The number of piperazine rings is 1. The quantitative estimate of drug-likeness (QED) is 0.756. The van der Waals surface area contributed by atoms with Gasteiger partial charge in [-0.2, -0.15) is 0 Å². The highest BCUT2D eigenvalue weighted by atomic mass is 16.5. The molecule has 148 valence electrons. The summed E-state index contributed by atoms with van der Waals surface area (Å²) in [5.74, 6) is 0.409. The van der Waals surface area contributed by atoms with Gasteiger partial charge in [0.05, 0.1) is 19.3 Å². The van der Waals surface area contributed by atoms with Crippen LogP contribution < -0.4 is 0 Å². The molecule has 0 N–H and O–H groups in total. The molecule has 0 radical (unpaired) electrons. The Bertz CT molecular complexity index is 614. The Kier molecular flexibility index (Phi) is 7.24. The fourth-order valence-corrected chi connectivity index (χ4v) is 3.74. The van der Waals surface area contributed by atoms with Crippen molar-refractivity contribution in [3.8, 4) is 0 Å². The van der Waals surface area contributed by atoms with E-state index in [0.29, 0.717) is 32.7 Å². The lowest BCUT2D eigenvalue weighted by atomic mass is 10.1. The molecule has 2 aliphatic heterocycles. The minimum absolute atomic E-state index is 0.119. The molecule has 0 bridgehead atoms. The molecule has 0 aromatic heterocycles. The first kappa shape index (κ1) is 19.8. The van der Waals surface area contributed by atoms with Crippen LogP contribution in [0, 0.1) is 0 Å². The number of hydrogen-bond acceptors (Lipinski definition) is 4. The summed E-state index contributed by atoms with van der Waals surface area (Å²) >= 11 is 0. The third kappa shape index (κ3) is 6.04. The zero-order valence-corrected chi connectivity index (χ0v) is 16.3. The molecule has 1 atom stereocenters. The van der Waals surface area contributed by atoms with E-state index in [1.807, 2.05) is 34.9 Å². The molecule has 2 saturated heterocycles. The Labute approximate surface area is 162 Å². The van der Waals surface area contributed by atoms with Crippen molar-refractivity contribution < 1.29 is 14.3 Å². The van der Waals surface area contributed by atoms with E-state index in [1.54, 1.807) is 0 Å². The van der Waals surface area contributed by atoms with E-state index in [4.69, 9.17) is 4.74 Å². The molecule has 6 heteroatoms. The van der Waals surface area contributed by atoms with Gasteiger partial charge in [-0.05, 0) is 25.3 Å². The fraction of sp³-hybridized carbons (Fsp3) is 0.619. The number of benzene rings is 1. The summed E-state index contributed by atoms with van der Waals surface area (Å²) in [5, 5.41) is 0. The first-order valence-electron chi connectivity index (χ1n) is 10.1. The van der Waals surface area contributed by atoms with E-state index in [2.05, 4.69) is 17.0 Å². The summed E-state index contributed by atoms with van der Waals surface area (Å²) in [5.41, 5.74) is 1.28. The molecule has 1 aromatic carbocycles. The largest absolute Gasteiger partial charge is 0.375 e. The molecule has 2 aliphatic rings. The van der Waals surface area contributed by atoms with Crippen LogP contribution in [-0.4, -0.2) is 85.0 Å². The highest BCUT2D eigenvalue weighted by Gasteiger charge is 2.26. The van der Waals surface area contributed by atoms with Crippen LogP contribution in [-0.2, 0) is 20.7 Å². The van der Waals surface area contributed by atoms with E-state index < -0.39 is 0 Å². The van der Waals surface area contributed by atoms with Gasteiger partial charge in [0.25, 0.3) is 0 Å². The van der Waals surface area contributed by atoms with Crippen molar-refractivity contribution in [2.24, 2.45) is 0 Å². The summed E-state index contributed by atoms with van der Waals surface area (Å²) < 4.78 is 5.50. The van der Waals surface area contributed by atoms with E-state index in [9.17, 15) is 9.59 Å². The summed E-state index contributed by atoms with van der Waals surface area (Å²) in [6, 6.07) is 10.3. The maximum atomic E-state index is 12.5. The molecule has 0 aliphatic carbocycles. The van der Waals surface area contributed by atoms with Crippen LogP contribution in [0.5, 0.6) is 0 Å². The van der Waals surface area contributed by atoms with Gasteiger partial charge in [-0.15, -0.1) is 0 Å². The maximum absolute atomic E-state index is 12.5. The van der Waals surface area contributed by atoms with Crippen molar-refractivity contribution in [1.82, 2.24) is 14.7 Å². The van der Waals surface area contributed by atoms with E-state index in [-0.39, 0.29) is 17.9 Å². The van der Waals surface area contributed by atoms with E-state index in [1.165, 1.54) is 5.56 Å². The Morgan fingerprint density at radius 3 is 2.44 bits per heavy atom. The number of aryl methyl sites for hydroxylation is 1. The minimum Gasteiger partial charge on any atom is -0.375 e. The normalized spacial score (nSPS) is 21.3. The average molecular weight is 373 g/mol. The lowest BCUT2D eigenvalue weighted by Gasteiger charge is -2.37. The molecule has 2 amide bonds. The van der Waals surface area contributed by atoms with Crippen LogP contribution in [0.2, 0.25) is 0 Å². The second-order valence-corrected chi connectivity index (χ2v) is 7.52. The Balaban J connectivity index is 1.34. The molecular weight excluding hydrogens is 342 g/mol. The molecular formula is C21H31N3O3. The van der Waals surface area contributed by atoms with Crippen molar-refractivity contribution in [3.63, 3.8) is 0 Å². The second-order valence-electron chi connectivity index (χ2n) is 7.52. The second kappa shape index (κ2) is 9.85. The molecule has 2 heterocycles. The third-order valence-electron chi connectivity index (χ3n) is 5.38. The molecule has 1 unspecified atom stereocenters. The van der Waals surface area contributed by atoms with Crippen LogP contribution in [0.15, 0.2) is 30.3 Å². The van der Waals surface area contributed by atoms with Gasteiger partial charge in [0.15, 0.2) is 0 Å². The average Bonchev–Trinajstić information content (AvgIpc) is 2.69. The smallest absolute Gasteiger partial charge is 0.236 e. The van der Waals surface area contributed by atoms with E-state index in [0.717, 1.165) is 39.0 Å². The molecule has 2 fully saturated rings. The molecule has 0 spiro atoms. The number of amides is 2. The number of rotatable bonds is 6. The van der Waals surface area contributed by atoms with Gasteiger partial charge in [-0.25, -0.2) is 0 Å². The molecule has 1 aromatic rings.